The Kier molecular flexibility index (Phi) is 4.40. The van der Waals surface area contributed by atoms with E-state index in [2.05, 4.69) is 39.5 Å². The van der Waals surface area contributed by atoms with Crippen LogP contribution in [0.15, 0.2) is 40.7 Å². The van der Waals surface area contributed by atoms with Gasteiger partial charge in [0.05, 0.1) is 12.8 Å². The smallest absolute Gasteiger partial charge is 0.291 e. The summed E-state index contributed by atoms with van der Waals surface area (Å²) < 4.78 is 5.23. The highest BCUT2D eigenvalue weighted by molar-refractivity contribution is 5.78. The predicted molar refractivity (Wildman–Crippen MR) is 103 cm³/mol. The highest BCUT2D eigenvalue weighted by atomic mass is 16.5. The maximum atomic E-state index is 6.52. The molecule has 3 fully saturated rings. The van der Waals surface area contributed by atoms with Crippen molar-refractivity contribution in [2.75, 3.05) is 26.7 Å². The first-order chi connectivity index (χ1) is 12.5. The molecule has 0 spiro atoms. The van der Waals surface area contributed by atoms with E-state index in [1.807, 2.05) is 6.92 Å². The minimum Gasteiger partial charge on any atom is -0.468 e. The van der Waals surface area contributed by atoms with E-state index >= 15 is 0 Å². The van der Waals surface area contributed by atoms with Crippen molar-refractivity contribution in [1.82, 2.24) is 10.2 Å². The number of methoxy groups -OCH3 is 1. The van der Waals surface area contributed by atoms with E-state index in [4.69, 9.17) is 16.2 Å². The van der Waals surface area contributed by atoms with Crippen LogP contribution in [0.4, 0.5) is 0 Å². The minimum absolute atomic E-state index is 0.406. The third kappa shape index (κ3) is 3.08. The normalized spacial score (nSPS) is 33.7. The fraction of sp³-hybridized carbons (Fsp3) is 0.550. The van der Waals surface area contributed by atoms with Crippen molar-refractivity contribution in [1.29, 1.82) is 0 Å². The van der Waals surface area contributed by atoms with E-state index in [9.17, 15) is 0 Å². The molecule has 4 aliphatic rings. The third-order valence-corrected chi connectivity index (χ3v) is 6.20. The largest absolute Gasteiger partial charge is 0.468 e. The number of amidine groups is 1. The van der Waals surface area contributed by atoms with Crippen LogP contribution >= 0.6 is 0 Å². The van der Waals surface area contributed by atoms with Gasteiger partial charge in [-0.3, -0.25) is 0 Å². The number of benzene rings is 1. The topological polar surface area (TPSA) is 88.9 Å². The van der Waals surface area contributed by atoms with Gasteiger partial charge in [0.15, 0.2) is 5.66 Å². The average molecular weight is 355 g/mol. The van der Waals surface area contributed by atoms with Crippen molar-refractivity contribution in [3.63, 3.8) is 0 Å². The number of nitrogens with one attached hydrogen (secondary N) is 1. The van der Waals surface area contributed by atoms with Crippen molar-refractivity contribution in [2.45, 2.75) is 37.8 Å². The Hall–Kier alpha value is -2.05. The van der Waals surface area contributed by atoms with E-state index in [0.29, 0.717) is 24.1 Å². The van der Waals surface area contributed by atoms with E-state index < -0.39 is 5.66 Å². The highest BCUT2D eigenvalue weighted by Crippen LogP contribution is 2.39. The number of hydrogen-bond donors (Lipinski definition) is 3. The van der Waals surface area contributed by atoms with Gasteiger partial charge in [0, 0.05) is 18.7 Å². The van der Waals surface area contributed by atoms with Crippen LogP contribution in [-0.4, -0.2) is 43.3 Å². The van der Waals surface area contributed by atoms with Crippen molar-refractivity contribution in [3.8, 4) is 0 Å². The first-order valence-electron chi connectivity index (χ1n) is 9.46. The van der Waals surface area contributed by atoms with Gasteiger partial charge in [0.2, 0.25) is 0 Å². The standard InChI is InChI=1S/C20H29N5O/c1-13-18(21)20(22,24-19(23-13)26-2)11-14-3-5-15(6-4-14)17-12-25-9-7-16(17)8-10-25/h3-6,16-17H,7-12,21-22H2,1-2H3,(H,23,24). The summed E-state index contributed by atoms with van der Waals surface area (Å²) >= 11 is 0. The summed E-state index contributed by atoms with van der Waals surface area (Å²) in [5, 5.41) is 3.02. The van der Waals surface area contributed by atoms with Crippen LogP contribution in [0.5, 0.6) is 0 Å². The molecule has 1 aromatic rings. The number of rotatable bonds is 3. The summed E-state index contributed by atoms with van der Waals surface area (Å²) in [5.74, 6) is 1.51. The van der Waals surface area contributed by atoms with E-state index in [1.54, 1.807) is 7.11 Å². The van der Waals surface area contributed by atoms with Gasteiger partial charge in [0.25, 0.3) is 6.02 Å². The molecule has 5 N–H and O–H groups in total. The lowest BCUT2D eigenvalue weighted by Crippen LogP contribution is -2.52. The molecular weight excluding hydrogens is 326 g/mol. The molecule has 0 amide bonds. The molecule has 140 valence electrons. The van der Waals surface area contributed by atoms with Gasteiger partial charge < -0.3 is 26.4 Å². The Balaban J connectivity index is 1.52. The molecule has 0 aromatic heterocycles. The van der Waals surface area contributed by atoms with Crippen molar-refractivity contribution in [2.24, 2.45) is 22.4 Å². The molecule has 2 atom stereocenters. The Morgan fingerprint density at radius 1 is 1.27 bits per heavy atom. The molecule has 4 heterocycles. The van der Waals surface area contributed by atoms with Crippen LogP contribution in [-0.2, 0) is 11.2 Å². The van der Waals surface area contributed by atoms with E-state index in [1.165, 1.54) is 38.0 Å². The van der Waals surface area contributed by atoms with Crippen LogP contribution in [0.3, 0.4) is 0 Å². The summed E-state index contributed by atoms with van der Waals surface area (Å²) in [5.41, 5.74) is 15.7. The van der Waals surface area contributed by atoms with Crippen molar-refractivity contribution < 1.29 is 4.74 Å². The molecule has 0 radical (unpaired) electrons. The number of aliphatic imine (C=N–C) groups is 1. The number of fused-ring (bicyclic) bond motifs is 3. The third-order valence-electron chi connectivity index (χ3n) is 6.20. The summed E-state index contributed by atoms with van der Waals surface area (Å²) in [6, 6.07) is 9.28. The van der Waals surface area contributed by atoms with E-state index in [0.717, 1.165) is 17.2 Å². The SMILES string of the molecule is COC1=NC(N)(Cc2ccc(C3CN4CCC3CC4)cc2)C(N)=C(C)N1. The predicted octanol–water partition coefficient (Wildman–Crippen LogP) is 1.49. The van der Waals surface area contributed by atoms with Crippen molar-refractivity contribution >= 4 is 6.02 Å². The molecule has 2 unspecified atom stereocenters. The summed E-state index contributed by atoms with van der Waals surface area (Å²) in [6.45, 7) is 5.63. The Morgan fingerprint density at radius 2 is 1.96 bits per heavy atom. The number of allylic oxidation sites excluding steroid dienone is 1. The molecule has 0 aliphatic carbocycles. The first-order valence-corrected chi connectivity index (χ1v) is 9.46. The van der Waals surface area contributed by atoms with Gasteiger partial charge >= 0.3 is 0 Å². The van der Waals surface area contributed by atoms with Crippen LogP contribution < -0.4 is 16.8 Å². The quantitative estimate of drug-likeness (QED) is 0.764. The van der Waals surface area contributed by atoms with E-state index in [-0.39, 0.29) is 0 Å². The molecule has 6 nitrogen and oxygen atoms in total. The number of piperidine rings is 3. The molecule has 1 aromatic carbocycles. The van der Waals surface area contributed by atoms with Gasteiger partial charge in [-0.1, -0.05) is 24.3 Å². The molecule has 3 saturated heterocycles. The molecule has 5 rings (SSSR count). The lowest BCUT2D eigenvalue weighted by Gasteiger charge is -2.45. The second-order valence-electron chi connectivity index (χ2n) is 7.87. The average Bonchev–Trinajstić information content (AvgIpc) is 2.67. The van der Waals surface area contributed by atoms with Crippen molar-refractivity contribution in [3.05, 3.63) is 46.8 Å². The Bertz CT molecular complexity index is 733. The summed E-state index contributed by atoms with van der Waals surface area (Å²) in [7, 11) is 1.57. The number of nitrogens with zero attached hydrogens (tertiary/aromatic N) is 2. The van der Waals surface area contributed by atoms with Crippen LogP contribution in [0.2, 0.25) is 0 Å². The zero-order valence-electron chi connectivity index (χ0n) is 15.7. The second-order valence-corrected chi connectivity index (χ2v) is 7.87. The lowest BCUT2D eigenvalue weighted by molar-refractivity contribution is 0.0871. The Labute approximate surface area is 155 Å². The molecule has 4 aliphatic heterocycles. The van der Waals surface area contributed by atoms with Gasteiger partial charge in [-0.15, -0.1) is 0 Å². The van der Waals surface area contributed by atoms with Crippen LogP contribution in [0.25, 0.3) is 0 Å². The molecule has 26 heavy (non-hydrogen) atoms. The minimum atomic E-state index is -0.974. The molecule has 0 saturated carbocycles. The van der Waals surface area contributed by atoms with Crippen LogP contribution in [0, 0.1) is 5.92 Å². The molecule has 2 bridgehead atoms. The first kappa shape index (κ1) is 17.4. The number of hydrogen-bond acceptors (Lipinski definition) is 6. The zero-order chi connectivity index (χ0) is 18.3. The maximum absolute atomic E-state index is 6.52. The number of ether oxygens (including phenoxy) is 1. The summed E-state index contributed by atoms with van der Waals surface area (Å²) in [6.07, 6.45) is 3.21. The molecule has 6 heteroatoms. The zero-order valence-corrected chi connectivity index (χ0v) is 15.7. The number of nitrogens with two attached hydrogens (primary N) is 2. The van der Waals surface area contributed by atoms with Gasteiger partial charge in [-0.2, -0.15) is 0 Å². The maximum Gasteiger partial charge on any atom is 0.291 e. The Morgan fingerprint density at radius 3 is 2.54 bits per heavy atom. The lowest BCUT2D eigenvalue weighted by atomic mass is 9.75. The molecular formula is C20H29N5O. The summed E-state index contributed by atoms with van der Waals surface area (Å²) in [4.78, 5) is 7.07. The van der Waals surface area contributed by atoms with Crippen LogP contribution in [0.1, 0.15) is 36.8 Å². The highest BCUT2D eigenvalue weighted by Gasteiger charge is 2.36. The van der Waals surface area contributed by atoms with Gasteiger partial charge in [-0.25, -0.2) is 4.99 Å². The second kappa shape index (κ2) is 6.59. The van der Waals surface area contributed by atoms with Gasteiger partial charge in [0.1, 0.15) is 0 Å². The monoisotopic (exact) mass is 355 g/mol. The van der Waals surface area contributed by atoms with Gasteiger partial charge in [-0.05, 0) is 55.8 Å². The fourth-order valence-electron chi connectivity index (χ4n) is 4.59. The fourth-order valence-corrected chi connectivity index (χ4v) is 4.59.